The van der Waals surface area contributed by atoms with E-state index in [0.717, 1.165) is 18.7 Å². The summed E-state index contributed by atoms with van der Waals surface area (Å²) in [6.07, 6.45) is 2.69. The van der Waals surface area contributed by atoms with Crippen molar-refractivity contribution < 1.29 is 4.39 Å². The summed E-state index contributed by atoms with van der Waals surface area (Å²) in [4.78, 5) is 8.41. The van der Waals surface area contributed by atoms with Crippen LogP contribution >= 0.6 is 0 Å². The number of hydrogen-bond donors (Lipinski definition) is 2. The van der Waals surface area contributed by atoms with Crippen molar-refractivity contribution in [2.45, 2.75) is 13.3 Å². The molecule has 0 aliphatic heterocycles. The van der Waals surface area contributed by atoms with Crippen molar-refractivity contribution in [2.75, 3.05) is 17.2 Å². The van der Waals surface area contributed by atoms with Gasteiger partial charge in [0.2, 0.25) is 5.95 Å². The summed E-state index contributed by atoms with van der Waals surface area (Å²) in [5.74, 6) is 1.01. The van der Waals surface area contributed by atoms with Gasteiger partial charge < -0.3 is 10.6 Å². The largest absolute Gasteiger partial charge is 0.354 e. The molecular weight excluding hydrogens is 231 g/mol. The highest BCUT2D eigenvalue weighted by Crippen LogP contribution is 2.15. The van der Waals surface area contributed by atoms with E-state index in [-0.39, 0.29) is 5.82 Å². The molecule has 1 aromatic heterocycles. The second-order valence-electron chi connectivity index (χ2n) is 3.82. The molecule has 4 nitrogen and oxygen atoms in total. The van der Waals surface area contributed by atoms with Gasteiger partial charge in [-0.1, -0.05) is 6.92 Å². The molecular formula is C13H15FN4. The maximum Gasteiger partial charge on any atom is 0.224 e. The third-order valence-electron chi connectivity index (χ3n) is 2.31. The van der Waals surface area contributed by atoms with Crippen LogP contribution in [-0.2, 0) is 0 Å². The third kappa shape index (κ3) is 3.41. The van der Waals surface area contributed by atoms with Gasteiger partial charge in [-0.15, -0.1) is 0 Å². The van der Waals surface area contributed by atoms with Crippen molar-refractivity contribution in [3.8, 4) is 0 Å². The molecule has 0 aliphatic rings. The summed E-state index contributed by atoms with van der Waals surface area (Å²) < 4.78 is 12.8. The van der Waals surface area contributed by atoms with Gasteiger partial charge in [0.25, 0.3) is 0 Å². The highest BCUT2D eigenvalue weighted by Gasteiger charge is 1.99. The molecule has 94 valence electrons. The minimum Gasteiger partial charge on any atom is -0.354 e. The lowest BCUT2D eigenvalue weighted by molar-refractivity contribution is 0.628. The number of anilines is 3. The van der Waals surface area contributed by atoms with Crippen LogP contribution in [0.4, 0.5) is 21.8 Å². The number of nitrogens with zero attached hydrogens (tertiary/aromatic N) is 2. The molecule has 18 heavy (non-hydrogen) atoms. The molecule has 0 saturated heterocycles. The summed E-state index contributed by atoms with van der Waals surface area (Å²) in [7, 11) is 0. The van der Waals surface area contributed by atoms with Crippen LogP contribution in [0.25, 0.3) is 0 Å². The molecule has 0 fully saturated rings. The Kier molecular flexibility index (Phi) is 4.06. The zero-order chi connectivity index (χ0) is 12.8. The Bertz CT molecular complexity index is 499. The molecule has 0 amide bonds. The summed E-state index contributed by atoms with van der Waals surface area (Å²) in [5, 5.41) is 6.20. The highest BCUT2D eigenvalue weighted by atomic mass is 19.1. The van der Waals surface area contributed by atoms with E-state index in [0.29, 0.717) is 11.8 Å². The first-order valence-electron chi connectivity index (χ1n) is 5.87. The number of hydrogen-bond acceptors (Lipinski definition) is 4. The summed E-state index contributed by atoms with van der Waals surface area (Å²) in [6, 6.07) is 7.90. The fourth-order valence-corrected chi connectivity index (χ4v) is 1.43. The SMILES string of the molecule is CCCNc1nccc(Nc2ccc(F)cc2)n1. The molecule has 5 heteroatoms. The van der Waals surface area contributed by atoms with Crippen molar-refractivity contribution in [3.63, 3.8) is 0 Å². The predicted molar refractivity (Wildman–Crippen MR) is 70.5 cm³/mol. The molecule has 0 aliphatic carbocycles. The number of nitrogens with one attached hydrogen (secondary N) is 2. The van der Waals surface area contributed by atoms with E-state index in [1.807, 2.05) is 0 Å². The normalized spacial score (nSPS) is 10.1. The first kappa shape index (κ1) is 12.3. The van der Waals surface area contributed by atoms with Gasteiger partial charge in [0.15, 0.2) is 0 Å². The zero-order valence-electron chi connectivity index (χ0n) is 10.2. The fourth-order valence-electron chi connectivity index (χ4n) is 1.43. The van der Waals surface area contributed by atoms with Crippen molar-refractivity contribution in [1.82, 2.24) is 9.97 Å². The molecule has 2 rings (SSSR count). The lowest BCUT2D eigenvalue weighted by atomic mass is 10.3. The van der Waals surface area contributed by atoms with E-state index in [4.69, 9.17) is 0 Å². The molecule has 0 atom stereocenters. The molecule has 2 aromatic rings. The van der Waals surface area contributed by atoms with Crippen LogP contribution in [0, 0.1) is 5.82 Å². The van der Waals surface area contributed by atoms with Gasteiger partial charge in [-0.05, 0) is 36.8 Å². The predicted octanol–water partition coefficient (Wildman–Crippen LogP) is 3.18. The second-order valence-corrected chi connectivity index (χ2v) is 3.82. The minimum absolute atomic E-state index is 0.256. The van der Waals surface area contributed by atoms with Crippen LogP contribution in [0.15, 0.2) is 36.5 Å². The molecule has 0 bridgehead atoms. The first-order chi connectivity index (χ1) is 8.78. The van der Waals surface area contributed by atoms with Crippen LogP contribution in [-0.4, -0.2) is 16.5 Å². The van der Waals surface area contributed by atoms with Gasteiger partial charge in [-0.3, -0.25) is 0 Å². The quantitative estimate of drug-likeness (QED) is 0.850. The topological polar surface area (TPSA) is 49.8 Å². The maximum absolute atomic E-state index is 12.8. The van der Waals surface area contributed by atoms with Gasteiger partial charge in [-0.25, -0.2) is 9.37 Å². The molecule has 1 aromatic carbocycles. The minimum atomic E-state index is -0.256. The Hall–Kier alpha value is -2.17. The van der Waals surface area contributed by atoms with Crippen LogP contribution in [0.1, 0.15) is 13.3 Å². The first-order valence-corrected chi connectivity index (χ1v) is 5.87. The van der Waals surface area contributed by atoms with Gasteiger partial charge in [0, 0.05) is 18.4 Å². The van der Waals surface area contributed by atoms with Gasteiger partial charge in [0.1, 0.15) is 11.6 Å². The summed E-state index contributed by atoms with van der Waals surface area (Å²) >= 11 is 0. The maximum atomic E-state index is 12.8. The van der Waals surface area contributed by atoms with E-state index in [1.165, 1.54) is 12.1 Å². The lowest BCUT2D eigenvalue weighted by Crippen LogP contribution is -2.05. The van der Waals surface area contributed by atoms with Gasteiger partial charge >= 0.3 is 0 Å². The van der Waals surface area contributed by atoms with Crippen LogP contribution < -0.4 is 10.6 Å². The van der Waals surface area contributed by atoms with E-state index in [2.05, 4.69) is 27.5 Å². The Morgan fingerprint density at radius 2 is 1.94 bits per heavy atom. The van der Waals surface area contributed by atoms with Crippen molar-refractivity contribution in [3.05, 3.63) is 42.3 Å². The average molecular weight is 246 g/mol. The summed E-state index contributed by atoms with van der Waals surface area (Å²) in [5.41, 5.74) is 0.788. The molecule has 0 saturated carbocycles. The van der Waals surface area contributed by atoms with E-state index in [1.54, 1.807) is 24.4 Å². The molecule has 1 heterocycles. The Morgan fingerprint density at radius 3 is 2.67 bits per heavy atom. The Morgan fingerprint density at radius 1 is 1.17 bits per heavy atom. The number of benzene rings is 1. The van der Waals surface area contributed by atoms with Gasteiger partial charge in [-0.2, -0.15) is 4.98 Å². The van der Waals surface area contributed by atoms with Crippen LogP contribution in [0.5, 0.6) is 0 Å². The average Bonchev–Trinajstić information content (AvgIpc) is 2.40. The third-order valence-corrected chi connectivity index (χ3v) is 2.31. The highest BCUT2D eigenvalue weighted by molar-refractivity contribution is 5.56. The Balaban J connectivity index is 2.06. The summed E-state index contributed by atoms with van der Waals surface area (Å²) in [6.45, 7) is 2.91. The fraction of sp³-hybridized carbons (Fsp3) is 0.231. The van der Waals surface area contributed by atoms with E-state index < -0.39 is 0 Å². The Labute approximate surface area is 105 Å². The lowest BCUT2D eigenvalue weighted by Gasteiger charge is -2.07. The number of aromatic nitrogens is 2. The smallest absolute Gasteiger partial charge is 0.224 e. The number of rotatable bonds is 5. The van der Waals surface area contributed by atoms with Crippen molar-refractivity contribution in [1.29, 1.82) is 0 Å². The zero-order valence-corrected chi connectivity index (χ0v) is 10.2. The van der Waals surface area contributed by atoms with Crippen LogP contribution in [0.3, 0.4) is 0 Å². The van der Waals surface area contributed by atoms with Crippen LogP contribution in [0.2, 0.25) is 0 Å². The standard InChI is InChI=1S/C13H15FN4/c1-2-8-15-13-16-9-7-12(18-13)17-11-5-3-10(14)4-6-11/h3-7,9H,2,8H2,1H3,(H2,15,16,17,18). The van der Waals surface area contributed by atoms with Gasteiger partial charge in [0.05, 0.1) is 0 Å². The monoisotopic (exact) mass is 246 g/mol. The number of halogens is 1. The molecule has 2 N–H and O–H groups in total. The van der Waals surface area contributed by atoms with E-state index in [9.17, 15) is 4.39 Å². The molecule has 0 spiro atoms. The second kappa shape index (κ2) is 5.95. The van der Waals surface area contributed by atoms with E-state index >= 15 is 0 Å². The van der Waals surface area contributed by atoms with Crippen molar-refractivity contribution >= 4 is 17.5 Å². The van der Waals surface area contributed by atoms with Crippen molar-refractivity contribution in [2.24, 2.45) is 0 Å². The molecule has 0 radical (unpaired) electrons. The molecule has 0 unspecified atom stereocenters.